The van der Waals surface area contributed by atoms with Gasteiger partial charge in [0, 0.05) is 25.7 Å². The predicted octanol–water partition coefficient (Wildman–Crippen LogP) is 2.73. The van der Waals surface area contributed by atoms with Gasteiger partial charge in [-0.25, -0.2) is 4.98 Å². The second kappa shape index (κ2) is 8.79. The molecular formula is C18H29N5. The fourth-order valence-corrected chi connectivity index (χ4v) is 2.70. The summed E-state index contributed by atoms with van der Waals surface area (Å²) in [5, 5.41) is 0. The molecule has 0 aromatic carbocycles. The summed E-state index contributed by atoms with van der Waals surface area (Å²) in [7, 11) is 0. The van der Waals surface area contributed by atoms with E-state index in [-0.39, 0.29) is 0 Å². The minimum Gasteiger partial charge on any atom is -0.345 e. The molecule has 2 aromatic heterocycles. The first kappa shape index (κ1) is 17.6. The molecule has 2 aromatic rings. The molecule has 0 spiro atoms. The van der Waals surface area contributed by atoms with E-state index in [9.17, 15) is 0 Å². The summed E-state index contributed by atoms with van der Waals surface area (Å²) in [6.07, 6.45) is 4.97. The largest absolute Gasteiger partial charge is 0.345 e. The van der Waals surface area contributed by atoms with Crippen LogP contribution in [-0.2, 0) is 19.5 Å². The monoisotopic (exact) mass is 315 g/mol. The van der Waals surface area contributed by atoms with Gasteiger partial charge in [-0.05, 0) is 51.4 Å². The average molecular weight is 315 g/mol. The number of pyridine rings is 1. The third-order valence-electron chi connectivity index (χ3n) is 4.17. The number of nitrogens with one attached hydrogen (secondary N) is 1. The Bertz CT molecular complexity index is 605. The zero-order valence-corrected chi connectivity index (χ0v) is 14.6. The van der Waals surface area contributed by atoms with Crippen LogP contribution in [0.1, 0.15) is 48.2 Å². The number of nitrogens with zero attached hydrogens (tertiary/aromatic N) is 3. The van der Waals surface area contributed by atoms with E-state index < -0.39 is 0 Å². The molecular weight excluding hydrogens is 286 g/mol. The maximum Gasteiger partial charge on any atom is 0.106 e. The molecule has 0 saturated heterocycles. The van der Waals surface area contributed by atoms with Crippen molar-refractivity contribution in [2.75, 3.05) is 13.1 Å². The second-order valence-electron chi connectivity index (χ2n) is 6.07. The van der Waals surface area contributed by atoms with Gasteiger partial charge in [0.25, 0.3) is 0 Å². The van der Waals surface area contributed by atoms with Crippen LogP contribution in [0.15, 0.2) is 18.3 Å². The number of imidazole rings is 1. The zero-order chi connectivity index (χ0) is 16.7. The van der Waals surface area contributed by atoms with Gasteiger partial charge in [0.15, 0.2) is 0 Å². The number of aryl methyl sites for hydroxylation is 3. The predicted molar refractivity (Wildman–Crippen MR) is 94.1 cm³/mol. The summed E-state index contributed by atoms with van der Waals surface area (Å²) >= 11 is 0. The fourth-order valence-electron chi connectivity index (χ4n) is 2.70. The van der Waals surface area contributed by atoms with Crippen molar-refractivity contribution in [3.05, 3.63) is 46.8 Å². The molecule has 0 bridgehead atoms. The SMILES string of the molecule is CCc1nc(C)c(CN(CCCCN)Cc2ncccc2C)[nH]1. The van der Waals surface area contributed by atoms with Gasteiger partial charge in [-0.3, -0.25) is 9.88 Å². The van der Waals surface area contributed by atoms with Gasteiger partial charge in [-0.2, -0.15) is 0 Å². The van der Waals surface area contributed by atoms with Crippen molar-refractivity contribution >= 4 is 0 Å². The lowest BCUT2D eigenvalue weighted by Gasteiger charge is -2.22. The van der Waals surface area contributed by atoms with Crippen LogP contribution in [0.4, 0.5) is 0 Å². The molecule has 0 unspecified atom stereocenters. The van der Waals surface area contributed by atoms with E-state index >= 15 is 0 Å². The molecule has 126 valence electrons. The molecule has 5 nitrogen and oxygen atoms in total. The molecule has 2 rings (SSSR count). The highest BCUT2D eigenvalue weighted by atomic mass is 15.1. The van der Waals surface area contributed by atoms with E-state index in [1.54, 1.807) is 0 Å². The smallest absolute Gasteiger partial charge is 0.106 e. The Balaban J connectivity index is 2.09. The maximum absolute atomic E-state index is 5.64. The Morgan fingerprint density at radius 1 is 1.22 bits per heavy atom. The van der Waals surface area contributed by atoms with E-state index in [1.807, 2.05) is 12.3 Å². The summed E-state index contributed by atoms with van der Waals surface area (Å²) in [6.45, 7) is 9.83. The van der Waals surface area contributed by atoms with Crippen molar-refractivity contribution < 1.29 is 0 Å². The van der Waals surface area contributed by atoms with Crippen LogP contribution in [0.2, 0.25) is 0 Å². The van der Waals surface area contributed by atoms with E-state index in [0.717, 1.165) is 62.7 Å². The molecule has 3 N–H and O–H groups in total. The summed E-state index contributed by atoms with van der Waals surface area (Å²) in [6, 6.07) is 4.11. The molecule has 0 aliphatic carbocycles. The lowest BCUT2D eigenvalue weighted by Crippen LogP contribution is -2.26. The lowest BCUT2D eigenvalue weighted by molar-refractivity contribution is 0.245. The Hall–Kier alpha value is -1.72. The first-order valence-corrected chi connectivity index (χ1v) is 8.51. The first-order chi connectivity index (χ1) is 11.1. The lowest BCUT2D eigenvalue weighted by atomic mass is 10.2. The van der Waals surface area contributed by atoms with E-state index in [1.165, 1.54) is 11.3 Å². The Kier molecular flexibility index (Phi) is 6.74. The number of hydrogen-bond donors (Lipinski definition) is 2. The molecule has 5 heteroatoms. The molecule has 0 saturated carbocycles. The van der Waals surface area contributed by atoms with Gasteiger partial charge >= 0.3 is 0 Å². The highest BCUT2D eigenvalue weighted by Gasteiger charge is 2.13. The van der Waals surface area contributed by atoms with Crippen molar-refractivity contribution in [1.29, 1.82) is 0 Å². The number of nitrogens with two attached hydrogens (primary N) is 1. The Labute approximate surface area is 139 Å². The van der Waals surface area contributed by atoms with Gasteiger partial charge in [0.05, 0.1) is 17.1 Å². The molecule has 2 heterocycles. The number of H-pyrrole nitrogens is 1. The molecule has 23 heavy (non-hydrogen) atoms. The van der Waals surface area contributed by atoms with Crippen molar-refractivity contribution in [2.24, 2.45) is 5.73 Å². The van der Waals surface area contributed by atoms with Crippen molar-refractivity contribution in [3.63, 3.8) is 0 Å². The van der Waals surface area contributed by atoms with Gasteiger partial charge in [-0.1, -0.05) is 13.0 Å². The Morgan fingerprint density at radius 3 is 2.70 bits per heavy atom. The molecule has 0 fully saturated rings. The summed E-state index contributed by atoms with van der Waals surface area (Å²) in [4.78, 5) is 15.0. The molecule has 0 aliphatic rings. The molecule has 0 atom stereocenters. The van der Waals surface area contributed by atoms with E-state index in [4.69, 9.17) is 5.73 Å². The van der Waals surface area contributed by atoms with E-state index in [0.29, 0.717) is 0 Å². The van der Waals surface area contributed by atoms with Crippen LogP contribution < -0.4 is 5.73 Å². The minimum atomic E-state index is 0.750. The summed E-state index contributed by atoms with van der Waals surface area (Å²) in [5.74, 6) is 1.06. The number of rotatable bonds is 9. The highest BCUT2D eigenvalue weighted by molar-refractivity contribution is 5.18. The average Bonchev–Trinajstić information content (AvgIpc) is 2.90. The quantitative estimate of drug-likeness (QED) is 0.698. The van der Waals surface area contributed by atoms with Gasteiger partial charge in [0.1, 0.15) is 5.82 Å². The highest BCUT2D eigenvalue weighted by Crippen LogP contribution is 2.14. The third-order valence-corrected chi connectivity index (χ3v) is 4.17. The number of unbranched alkanes of at least 4 members (excludes halogenated alkanes) is 1. The molecule has 0 radical (unpaired) electrons. The van der Waals surface area contributed by atoms with Gasteiger partial charge < -0.3 is 10.7 Å². The van der Waals surface area contributed by atoms with Crippen molar-refractivity contribution in [1.82, 2.24) is 19.9 Å². The topological polar surface area (TPSA) is 70.8 Å². The van der Waals surface area contributed by atoms with Crippen LogP contribution in [0.3, 0.4) is 0 Å². The number of hydrogen-bond acceptors (Lipinski definition) is 4. The van der Waals surface area contributed by atoms with Crippen LogP contribution in [0.25, 0.3) is 0 Å². The number of aromatic nitrogens is 3. The third kappa shape index (κ3) is 5.15. The maximum atomic E-state index is 5.64. The van der Waals surface area contributed by atoms with E-state index in [2.05, 4.69) is 46.7 Å². The summed E-state index contributed by atoms with van der Waals surface area (Å²) < 4.78 is 0. The van der Waals surface area contributed by atoms with Crippen LogP contribution >= 0.6 is 0 Å². The second-order valence-corrected chi connectivity index (χ2v) is 6.07. The standard InChI is InChI=1S/C18H29N5/c1-4-18-21-15(3)17(22-18)13-23(11-6-5-9-19)12-16-14(2)8-7-10-20-16/h7-8,10H,4-6,9,11-13,19H2,1-3H3,(H,21,22). The van der Waals surface area contributed by atoms with Crippen LogP contribution in [0.5, 0.6) is 0 Å². The number of aromatic amines is 1. The fraction of sp³-hybridized carbons (Fsp3) is 0.556. The first-order valence-electron chi connectivity index (χ1n) is 8.51. The van der Waals surface area contributed by atoms with Crippen molar-refractivity contribution in [3.8, 4) is 0 Å². The summed E-state index contributed by atoms with van der Waals surface area (Å²) in [5.41, 5.74) is 10.3. The minimum absolute atomic E-state index is 0.750. The van der Waals surface area contributed by atoms with Crippen molar-refractivity contribution in [2.45, 2.75) is 53.1 Å². The zero-order valence-electron chi connectivity index (χ0n) is 14.6. The van der Waals surface area contributed by atoms with Gasteiger partial charge in [0.2, 0.25) is 0 Å². The molecule has 0 amide bonds. The molecule has 0 aliphatic heterocycles. The Morgan fingerprint density at radius 2 is 2.04 bits per heavy atom. The van der Waals surface area contributed by atoms with Crippen LogP contribution in [-0.4, -0.2) is 32.9 Å². The van der Waals surface area contributed by atoms with Crippen LogP contribution in [0, 0.1) is 13.8 Å². The van der Waals surface area contributed by atoms with Gasteiger partial charge in [-0.15, -0.1) is 0 Å². The normalized spacial score (nSPS) is 11.3.